The average Bonchev–Trinajstić information content (AvgIpc) is 3.62. The Labute approximate surface area is 255 Å². The van der Waals surface area contributed by atoms with Crippen LogP contribution in [0.2, 0.25) is 5.02 Å². The van der Waals surface area contributed by atoms with E-state index in [-0.39, 0.29) is 63.8 Å². The van der Waals surface area contributed by atoms with Crippen molar-refractivity contribution >= 4 is 29.4 Å². The first-order valence-corrected chi connectivity index (χ1v) is 14.0. The zero-order chi connectivity index (χ0) is 31.8. The van der Waals surface area contributed by atoms with Crippen molar-refractivity contribution in [2.24, 2.45) is 5.73 Å². The van der Waals surface area contributed by atoms with Crippen LogP contribution in [0, 0.1) is 12.3 Å². The molecule has 0 atom stereocenters. The van der Waals surface area contributed by atoms with Crippen molar-refractivity contribution in [2.45, 2.75) is 31.6 Å². The van der Waals surface area contributed by atoms with E-state index in [0.717, 1.165) is 6.20 Å². The molecular weight excluding hydrogens is 603 g/mol. The van der Waals surface area contributed by atoms with E-state index in [1.54, 1.807) is 32.9 Å². The highest BCUT2D eigenvalue weighted by Gasteiger charge is 2.41. The van der Waals surface area contributed by atoms with Crippen molar-refractivity contribution < 1.29 is 27.6 Å². The highest BCUT2D eigenvalue weighted by atomic mass is 35.5. The van der Waals surface area contributed by atoms with E-state index < -0.39 is 17.8 Å². The Morgan fingerprint density at radius 1 is 1.16 bits per heavy atom. The van der Waals surface area contributed by atoms with Crippen LogP contribution in [-0.2, 0) is 19.1 Å². The monoisotopic (exact) mass is 631 g/mol. The van der Waals surface area contributed by atoms with Crippen LogP contribution in [0.15, 0.2) is 24.4 Å². The summed E-state index contributed by atoms with van der Waals surface area (Å²) in [6.45, 7) is 4.38. The number of amides is 4. The topological polar surface area (TPSA) is 156 Å². The zero-order valence-corrected chi connectivity index (χ0v) is 24.3. The van der Waals surface area contributed by atoms with E-state index in [0.29, 0.717) is 44.8 Å². The third-order valence-corrected chi connectivity index (χ3v) is 7.69. The largest absolute Gasteiger partial charge is 0.435 e. The molecule has 0 spiro atoms. The summed E-state index contributed by atoms with van der Waals surface area (Å²) in [7, 11) is 0. The van der Waals surface area contributed by atoms with Gasteiger partial charge in [0.1, 0.15) is 0 Å². The summed E-state index contributed by atoms with van der Waals surface area (Å²) in [6, 6.07) is 4.65. The van der Waals surface area contributed by atoms with Crippen LogP contribution in [-0.4, -0.2) is 97.5 Å². The van der Waals surface area contributed by atoms with Gasteiger partial charge < -0.3 is 30.7 Å². The molecule has 0 radical (unpaired) electrons. The van der Waals surface area contributed by atoms with E-state index in [1.807, 2.05) is 6.92 Å². The number of nitrogens with zero attached hydrogens (tertiary/aromatic N) is 5. The van der Waals surface area contributed by atoms with Gasteiger partial charge in [0.2, 0.25) is 0 Å². The van der Waals surface area contributed by atoms with Crippen LogP contribution in [0.3, 0.4) is 0 Å². The summed E-state index contributed by atoms with van der Waals surface area (Å²) in [6.07, 6.45) is 1.48. The standard InChI is InChI=1S/C28H29ClF3N9O3/c1-3-4-19-21(22(38-37-19)28(30,31)32)20-13-34-23(36-20)24(42)35-12-16-5-6-17(18(29)11-16)25(43)39-7-9-40(10-8-39)26(44)41-14-27(2,33)15-41/h1,5-6,11,13H,4,7-10,12,14-15,33H2,2H3,(H,34,36)(H,35,42)(H,37,38). The lowest BCUT2D eigenvalue weighted by atomic mass is 9.94. The summed E-state index contributed by atoms with van der Waals surface area (Å²) in [5.74, 6) is 1.10. The molecule has 0 aliphatic carbocycles. The van der Waals surface area contributed by atoms with Gasteiger partial charge in [-0.25, -0.2) is 9.78 Å². The van der Waals surface area contributed by atoms with Gasteiger partial charge in [0.05, 0.1) is 40.2 Å². The minimum Gasteiger partial charge on any atom is -0.345 e. The van der Waals surface area contributed by atoms with Gasteiger partial charge in [0, 0.05) is 51.4 Å². The number of piperazine rings is 1. The average molecular weight is 632 g/mol. The summed E-state index contributed by atoms with van der Waals surface area (Å²) >= 11 is 6.43. The molecule has 44 heavy (non-hydrogen) atoms. The number of alkyl halides is 3. The SMILES string of the molecule is C#CCc1[nH]nc(C(F)(F)F)c1-c1cnc(C(=O)NCc2ccc(C(=O)N3CCN(C(=O)N4CC(C)(N)C4)CC3)c(Cl)c2)[nH]1. The molecule has 4 amide bonds. The second-order valence-corrected chi connectivity index (χ2v) is 11.4. The smallest absolute Gasteiger partial charge is 0.345 e. The maximum Gasteiger partial charge on any atom is 0.435 e. The molecule has 3 aromatic rings. The van der Waals surface area contributed by atoms with Crippen molar-refractivity contribution in [2.75, 3.05) is 39.3 Å². The first-order chi connectivity index (χ1) is 20.8. The van der Waals surface area contributed by atoms with E-state index in [1.165, 1.54) is 0 Å². The molecule has 4 heterocycles. The highest BCUT2D eigenvalue weighted by molar-refractivity contribution is 6.33. The quantitative estimate of drug-likeness (QED) is 0.306. The molecular formula is C28H29ClF3N9O3. The first-order valence-electron chi connectivity index (χ1n) is 13.6. The molecule has 5 N–H and O–H groups in total. The number of terminal acetylenes is 1. The molecule has 2 saturated heterocycles. The summed E-state index contributed by atoms with van der Waals surface area (Å²) in [4.78, 5) is 50.0. The fourth-order valence-corrected chi connectivity index (χ4v) is 5.49. The van der Waals surface area contributed by atoms with Crippen molar-refractivity contribution in [3.05, 3.63) is 57.8 Å². The molecule has 1 aromatic carbocycles. The number of urea groups is 1. The van der Waals surface area contributed by atoms with Crippen molar-refractivity contribution in [1.82, 2.24) is 40.2 Å². The highest BCUT2D eigenvalue weighted by Crippen LogP contribution is 2.37. The van der Waals surface area contributed by atoms with Gasteiger partial charge >= 0.3 is 12.2 Å². The third kappa shape index (κ3) is 6.36. The second kappa shape index (κ2) is 11.9. The Hall–Kier alpha value is -4.55. The molecule has 2 aliphatic heterocycles. The fraction of sp³-hybridized carbons (Fsp3) is 0.393. The lowest BCUT2D eigenvalue weighted by Gasteiger charge is -2.48. The number of nitrogens with one attached hydrogen (secondary N) is 3. The fourth-order valence-electron chi connectivity index (χ4n) is 5.21. The van der Waals surface area contributed by atoms with Crippen LogP contribution in [0.5, 0.6) is 0 Å². The molecule has 0 unspecified atom stereocenters. The molecule has 16 heteroatoms. The molecule has 2 fully saturated rings. The number of rotatable bonds is 6. The molecule has 2 aromatic heterocycles. The minimum atomic E-state index is -4.76. The number of imidazole rings is 1. The normalized spacial score (nSPS) is 16.3. The van der Waals surface area contributed by atoms with E-state index in [9.17, 15) is 27.6 Å². The van der Waals surface area contributed by atoms with Crippen molar-refractivity contribution in [1.29, 1.82) is 0 Å². The van der Waals surface area contributed by atoms with Gasteiger partial charge in [-0.2, -0.15) is 18.3 Å². The van der Waals surface area contributed by atoms with E-state index >= 15 is 0 Å². The predicted octanol–water partition coefficient (Wildman–Crippen LogP) is 2.49. The predicted molar refractivity (Wildman–Crippen MR) is 153 cm³/mol. The van der Waals surface area contributed by atoms with Gasteiger partial charge in [0.25, 0.3) is 11.8 Å². The number of aromatic nitrogens is 4. The number of hydrogen-bond acceptors (Lipinski definition) is 6. The molecule has 0 saturated carbocycles. The summed E-state index contributed by atoms with van der Waals surface area (Å²) in [5.41, 5.74) is 4.99. The van der Waals surface area contributed by atoms with Gasteiger partial charge in [0.15, 0.2) is 11.5 Å². The van der Waals surface area contributed by atoms with Crippen LogP contribution >= 0.6 is 11.6 Å². The van der Waals surface area contributed by atoms with Gasteiger partial charge in [-0.1, -0.05) is 17.7 Å². The number of H-pyrrole nitrogens is 2. The Morgan fingerprint density at radius 3 is 2.45 bits per heavy atom. The number of aromatic amines is 2. The zero-order valence-electron chi connectivity index (χ0n) is 23.6. The lowest BCUT2D eigenvalue weighted by molar-refractivity contribution is -0.140. The van der Waals surface area contributed by atoms with Crippen LogP contribution in [0.1, 0.15) is 44.9 Å². The van der Waals surface area contributed by atoms with Crippen LogP contribution < -0.4 is 11.1 Å². The van der Waals surface area contributed by atoms with Gasteiger partial charge in [-0.05, 0) is 24.6 Å². The Bertz CT molecular complexity index is 1630. The number of carbonyl (C=O) groups is 3. The Balaban J connectivity index is 1.17. The second-order valence-electron chi connectivity index (χ2n) is 11.0. The molecule has 232 valence electrons. The Morgan fingerprint density at radius 2 is 1.84 bits per heavy atom. The number of nitrogens with two attached hydrogens (primary N) is 1. The van der Waals surface area contributed by atoms with Gasteiger partial charge in [-0.15, -0.1) is 12.3 Å². The molecule has 5 rings (SSSR count). The number of carbonyl (C=O) groups excluding carboxylic acids is 3. The number of benzene rings is 1. The summed E-state index contributed by atoms with van der Waals surface area (Å²) < 4.78 is 40.4. The maximum atomic E-state index is 13.5. The number of halogens is 4. The molecule has 0 bridgehead atoms. The molecule has 2 aliphatic rings. The van der Waals surface area contributed by atoms with Gasteiger partial charge in [-0.3, -0.25) is 14.7 Å². The van der Waals surface area contributed by atoms with E-state index in [4.69, 9.17) is 23.8 Å². The van der Waals surface area contributed by atoms with Crippen molar-refractivity contribution in [3.63, 3.8) is 0 Å². The summed E-state index contributed by atoms with van der Waals surface area (Å²) in [5, 5.41) is 8.45. The van der Waals surface area contributed by atoms with Crippen molar-refractivity contribution in [3.8, 4) is 23.6 Å². The Kier molecular flexibility index (Phi) is 8.32. The third-order valence-electron chi connectivity index (χ3n) is 7.38. The van der Waals surface area contributed by atoms with Crippen LogP contribution in [0.4, 0.5) is 18.0 Å². The first kappa shape index (κ1) is 30.9. The number of hydrogen-bond donors (Lipinski definition) is 4. The lowest BCUT2D eigenvalue weighted by Crippen LogP contribution is -2.69. The number of likely N-dealkylation sites (tertiary alicyclic amines) is 1. The van der Waals surface area contributed by atoms with E-state index in [2.05, 4.69) is 31.4 Å². The van der Waals surface area contributed by atoms with Crippen LogP contribution in [0.25, 0.3) is 11.3 Å². The molecule has 12 nitrogen and oxygen atoms in total. The minimum absolute atomic E-state index is 0.00401. The maximum absolute atomic E-state index is 13.5.